The van der Waals surface area contributed by atoms with Crippen molar-refractivity contribution in [2.75, 3.05) is 24.0 Å². The molecule has 0 radical (unpaired) electrons. The van der Waals surface area contributed by atoms with Crippen molar-refractivity contribution in [3.63, 3.8) is 0 Å². The molecule has 246 valence electrons. The number of methoxy groups -OCH3 is 2. The molecule has 6 unspecified atom stereocenters. The summed E-state index contributed by atoms with van der Waals surface area (Å²) in [6.07, 6.45) is 2.17. The van der Waals surface area contributed by atoms with E-state index in [1.165, 1.54) is 25.2 Å². The predicted octanol–water partition coefficient (Wildman–Crippen LogP) is 4.25. The Kier molecular flexibility index (Phi) is 7.08. The fourth-order valence-corrected chi connectivity index (χ4v) is 8.39. The van der Waals surface area contributed by atoms with Crippen LogP contribution >= 0.6 is 0 Å². The Morgan fingerprint density at radius 2 is 1.50 bits per heavy atom. The number of carbonyl (C=O) groups excluding carboxylic acids is 4. The number of allylic oxidation sites excluding steroid dienone is 2. The number of benzene rings is 3. The number of nitrogens with zero attached hydrogens (tertiary/aromatic N) is 2. The van der Waals surface area contributed by atoms with Crippen molar-refractivity contribution in [2.24, 2.45) is 29.1 Å². The first kappa shape index (κ1) is 31.0. The highest BCUT2D eigenvalue weighted by Gasteiger charge is 2.67. The highest BCUT2D eigenvalue weighted by Crippen LogP contribution is 2.64. The number of fused-ring (bicyclic) bond motifs is 4. The van der Waals surface area contributed by atoms with Gasteiger partial charge in [0.2, 0.25) is 29.4 Å². The third kappa shape index (κ3) is 4.17. The molecule has 0 aromatic heterocycles. The van der Waals surface area contributed by atoms with Gasteiger partial charge in [0.25, 0.3) is 0 Å². The van der Waals surface area contributed by atoms with Crippen LogP contribution in [0, 0.1) is 29.1 Å². The van der Waals surface area contributed by atoms with Gasteiger partial charge in [0, 0.05) is 12.0 Å². The highest BCUT2D eigenvalue weighted by atomic mass is 16.5. The molecule has 3 aromatic carbocycles. The molecule has 2 aliphatic carbocycles. The highest BCUT2D eigenvalue weighted by molar-refractivity contribution is 6.25. The first-order valence-corrected chi connectivity index (χ1v) is 15.5. The van der Waals surface area contributed by atoms with Crippen LogP contribution in [0.5, 0.6) is 23.0 Å². The van der Waals surface area contributed by atoms with Crippen molar-refractivity contribution < 1.29 is 48.8 Å². The van der Waals surface area contributed by atoms with Crippen LogP contribution in [-0.2, 0) is 19.2 Å². The summed E-state index contributed by atoms with van der Waals surface area (Å²) in [6.45, 7) is 1.75. The summed E-state index contributed by atoms with van der Waals surface area (Å²) in [4.78, 5) is 70.6. The van der Waals surface area contributed by atoms with Crippen LogP contribution in [-0.4, -0.2) is 59.1 Å². The molecule has 3 aromatic rings. The lowest BCUT2D eigenvalue weighted by Gasteiger charge is -2.49. The van der Waals surface area contributed by atoms with Gasteiger partial charge in [-0.3, -0.25) is 19.2 Å². The third-order valence-corrected chi connectivity index (χ3v) is 10.6. The van der Waals surface area contributed by atoms with Gasteiger partial charge in [-0.15, -0.1) is 0 Å². The van der Waals surface area contributed by atoms with E-state index in [0.717, 1.165) is 17.0 Å². The van der Waals surface area contributed by atoms with Crippen molar-refractivity contribution in [1.82, 2.24) is 0 Å². The summed E-state index contributed by atoms with van der Waals surface area (Å²) >= 11 is 0. The lowest BCUT2D eigenvalue weighted by molar-refractivity contribution is -0.131. The largest absolute Gasteiger partial charge is 0.507 e. The van der Waals surface area contributed by atoms with E-state index in [0.29, 0.717) is 16.8 Å². The number of rotatable bonds is 6. The molecule has 6 atom stereocenters. The van der Waals surface area contributed by atoms with E-state index in [1.54, 1.807) is 49.4 Å². The number of hydrogen-bond donors (Lipinski definition) is 3. The van der Waals surface area contributed by atoms with E-state index >= 15 is 0 Å². The molecule has 3 N–H and O–H groups in total. The molecule has 3 fully saturated rings. The topological polar surface area (TPSA) is 171 Å². The van der Waals surface area contributed by atoms with Crippen molar-refractivity contribution >= 4 is 41.0 Å². The Morgan fingerprint density at radius 3 is 2.10 bits per heavy atom. The average molecular weight is 653 g/mol. The minimum absolute atomic E-state index is 0.0380. The fourth-order valence-electron chi connectivity index (χ4n) is 8.39. The molecule has 12 nitrogen and oxygen atoms in total. The number of anilines is 2. The summed E-state index contributed by atoms with van der Waals surface area (Å²) in [5.41, 5.74) is 0.00582. The Hall–Kier alpha value is -5.65. The number of hydrogen-bond acceptors (Lipinski definition) is 9. The van der Waals surface area contributed by atoms with E-state index in [-0.39, 0.29) is 41.3 Å². The van der Waals surface area contributed by atoms with Gasteiger partial charge < -0.3 is 24.8 Å². The second-order valence-corrected chi connectivity index (χ2v) is 12.8. The van der Waals surface area contributed by atoms with E-state index in [9.17, 15) is 39.3 Å². The molecule has 7 rings (SSSR count). The van der Waals surface area contributed by atoms with Gasteiger partial charge in [0.1, 0.15) is 11.3 Å². The number of phenols is 2. The Morgan fingerprint density at radius 1 is 0.833 bits per heavy atom. The molecule has 0 bridgehead atoms. The summed E-state index contributed by atoms with van der Waals surface area (Å²) < 4.78 is 10.9. The second kappa shape index (κ2) is 11.0. The molecule has 2 heterocycles. The maximum absolute atomic E-state index is 14.6. The van der Waals surface area contributed by atoms with Crippen LogP contribution in [0.25, 0.3) is 0 Å². The number of para-hydroxylation sites is 1. The Bertz CT molecular complexity index is 1930. The molecular formula is C36H32N2O10. The number of amides is 4. The van der Waals surface area contributed by atoms with Crippen molar-refractivity contribution in [1.29, 1.82) is 0 Å². The summed E-state index contributed by atoms with van der Waals surface area (Å²) in [5.74, 6) is -7.80. The van der Waals surface area contributed by atoms with Gasteiger partial charge in [-0.1, -0.05) is 29.8 Å². The van der Waals surface area contributed by atoms with Gasteiger partial charge in [-0.25, -0.2) is 14.6 Å². The zero-order valence-electron chi connectivity index (χ0n) is 26.2. The minimum atomic E-state index is -1.36. The summed E-state index contributed by atoms with van der Waals surface area (Å²) in [5, 5.41) is 30.4. The zero-order chi connectivity index (χ0) is 34.2. The molecule has 12 heteroatoms. The number of ether oxygens (including phenoxy) is 2. The van der Waals surface area contributed by atoms with Crippen LogP contribution in [0.3, 0.4) is 0 Å². The number of imide groups is 2. The van der Waals surface area contributed by atoms with E-state index in [1.807, 2.05) is 6.08 Å². The van der Waals surface area contributed by atoms with Gasteiger partial charge >= 0.3 is 5.97 Å². The molecular weight excluding hydrogens is 620 g/mol. The maximum Gasteiger partial charge on any atom is 0.339 e. The number of aromatic carboxylic acids is 1. The Labute approximate surface area is 274 Å². The molecule has 2 aliphatic heterocycles. The number of aromatic hydroxyl groups is 2. The number of carboxylic acids is 1. The maximum atomic E-state index is 14.6. The Balaban J connectivity index is 1.38. The van der Waals surface area contributed by atoms with Crippen molar-refractivity contribution in [3.05, 3.63) is 83.4 Å². The smallest absolute Gasteiger partial charge is 0.339 e. The first-order valence-electron chi connectivity index (χ1n) is 15.5. The van der Waals surface area contributed by atoms with E-state index < -0.39 is 70.4 Å². The monoisotopic (exact) mass is 652 g/mol. The van der Waals surface area contributed by atoms with Crippen LogP contribution < -0.4 is 19.3 Å². The molecule has 0 spiro atoms. The number of carbonyl (C=O) groups is 5. The van der Waals surface area contributed by atoms with Gasteiger partial charge in [0.15, 0.2) is 11.5 Å². The first-order chi connectivity index (χ1) is 22.9. The van der Waals surface area contributed by atoms with Crippen LogP contribution in [0.15, 0.2) is 72.3 Å². The molecule has 48 heavy (non-hydrogen) atoms. The summed E-state index contributed by atoms with van der Waals surface area (Å²) in [7, 11) is 2.77. The van der Waals surface area contributed by atoms with Crippen LogP contribution in [0.1, 0.15) is 41.6 Å². The standard InChI is InChI=1S/C36H32N2O10/c1-36-24(32(42)38(35(36)46)18-7-5-4-6-8-18)16-23-20(29(36)17-13-26(47-2)30(40)27(14-17)48-3)11-12-22-28(23)33(43)37(31(22)41)19-9-10-21(34(44)45)25(39)15-19/h4-11,13-15,22-24,28-29,39-40H,12,16H2,1-3H3,(H,44,45). The SMILES string of the molecule is COc1cc(C2C3=CCC4C(=O)N(c5ccc(C(=O)O)c(O)c5)C(=O)C4C3CC3C(=O)N(c4ccccc4)C(=O)C32C)cc(OC)c1O. The predicted molar refractivity (Wildman–Crippen MR) is 170 cm³/mol. The van der Waals surface area contributed by atoms with Crippen molar-refractivity contribution in [3.8, 4) is 23.0 Å². The lowest BCUT2D eigenvalue weighted by Crippen LogP contribution is -2.48. The fraction of sp³-hybridized carbons (Fsp3) is 0.306. The summed E-state index contributed by atoms with van der Waals surface area (Å²) in [6, 6.07) is 15.3. The van der Waals surface area contributed by atoms with Crippen molar-refractivity contribution in [2.45, 2.75) is 25.7 Å². The second-order valence-electron chi connectivity index (χ2n) is 12.8. The zero-order valence-corrected chi connectivity index (χ0v) is 26.2. The average Bonchev–Trinajstić information content (AvgIpc) is 3.44. The van der Waals surface area contributed by atoms with Crippen LogP contribution in [0.2, 0.25) is 0 Å². The van der Waals surface area contributed by atoms with E-state index in [2.05, 4.69) is 0 Å². The molecule has 4 aliphatic rings. The van der Waals surface area contributed by atoms with Crippen LogP contribution in [0.4, 0.5) is 11.4 Å². The molecule has 2 saturated heterocycles. The number of carboxylic acid groups (broad SMARTS) is 1. The molecule has 4 amide bonds. The third-order valence-electron chi connectivity index (χ3n) is 10.6. The molecule has 1 saturated carbocycles. The normalized spacial score (nSPS) is 27.7. The van der Waals surface area contributed by atoms with Gasteiger partial charge in [0.05, 0.1) is 48.8 Å². The van der Waals surface area contributed by atoms with E-state index in [4.69, 9.17) is 9.47 Å². The van der Waals surface area contributed by atoms with Gasteiger partial charge in [-0.2, -0.15) is 0 Å². The quantitative estimate of drug-likeness (QED) is 0.258. The lowest BCUT2D eigenvalue weighted by atomic mass is 9.51. The number of phenolic OH excluding ortho intramolecular Hbond substituents is 1. The van der Waals surface area contributed by atoms with Gasteiger partial charge in [-0.05, 0) is 67.6 Å². The minimum Gasteiger partial charge on any atom is -0.507 e.